The molecule has 1 amide bonds. The third-order valence-electron chi connectivity index (χ3n) is 4.91. The molecule has 0 atom stereocenters. The molecular formula is C17H23N5O2. The van der Waals surface area contributed by atoms with Crippen LogP contribution in [-0.4, -0.2) is 44.6 Å². The van der Waals surface area contributed by atoms with Crippen LogP contribution in [0.1, 0.15) is 53.5 Å². The number of imidazole rings is 1. The van der Waals surface area contributed by atoms with Gasteiger partial charge in [-0.15, -0.1) is 0 Å². The maximum atomic E-state index is 12.2. The molecule has 0 radical (unpaired) electrons. The topological polar surface area (TPSA) is 76.2 Å². The van der Waals surface area contributed by atoms with Crippen LogP contribution in [0.4, 0.5) is 0 Å². The SMILES string of the molecule is Cn1cncc1C(=O)NC1CCN(Cc2cc(C3CC3)on2)CC1. The smallest absolute Gasteiger partial charge is 0.269 e. The number of hydrogen-bond acceptors (Lipinski definition) is 5. The van der Waals surface area contributed by atoms with Crippen LogP contribution < -0.4 is 5.32 Å². The highest BCUT2D eigenvalue weighted by Gasteiger charge is 2.28. The van der Waals surface area contributed by atoms with E-state index in [9.17, 15) is 4.79 Å². The number of nitrogens with one attached hydrogen (secondary N) is 1. The Morgan fingerprint density at radius 3 is 2.79 bits per heavy atom. The fourth-order valence-corrected chi connectivity index (χ4v) is 3.26. The molecule has 2 fully saturated rings. The number of rotatable bonds is 5. The van der Waals surface area contributed by atoms with Crippen LogP contribution in [0.3, 0.4) is 0 Å². The summed E-state index contributed by atoms with van der Waals surface area (Å²) in [7, 11) is 1.83. The molecule has 2 aliphatic rings. The van der Waals surface area contributed by atoms with Crippen molar-refractivity contribution in [2.45, 2.75) is 44.2 Å². The monoisotopic (exact) mass is 329 g/mol. The summed E-state index contributed by atoms with van der Waals surface area (Å²) in [4.78, 5) is 18.6. The van der Waals surface area contributed by atoms with Gasteiger partial charge < -0.3 is 14.4 Å². The lowest BCUT2D eigenvalue weighted by atomic mass is 10.0. The van der Waals surface area contributed by atoms with E-state index < -0.39 is 0 Å². The number of carbonyl (C=O) groups excluding carboxylic acids is 1. The summed E-state index contributed by atoms with van der Waals surface area (Å²) < 4.78 is 7.16. The van der Waals surface area contributed by atoms with Crippen molar-refractivity contribution >= 4 is 5.91 Å². The van der Waals surface area contributed by atoms with Crippen molar-refractivity contribution in [3.05, 3.63) is 35.7 Å². The van der Waals surface area contributed by atoms with Crippen molar-refractivity contribution in [3.63, 3.8) is 0 Å². The van der Waals surface area contributed by atoms with Crippen molar-refractivity contribution < 1.29 is 9.32 Å². The molecule has 2 aromatic rings. The molecule has 1 saturated heterocycles. The van der Waals surface area contributed by atoms with E-state index in [1.807, 2.05) is 7.05 Å². The standard InChI is InChI=1S/C17H23N5O2/c1-21-11-18-9-15(21)17(23)19-13-4-6-22(7-5-13)10-14-8-16(24-20-14)12-2-3-12/h8-9,11-13H,2-7,10H2,1H3,(H,19,23). The zero-order chi connectivity index (χ0) is 16.5. The van der Waals surface area contributed by atoms with Crippen LogP contribution in [0, 0.1) is 0 Å². The number of piperidine rings is 1. The molecule has 2 aromatic heterocycles. The van der Waals surface area contributed by atoms with Crippen LogP contribution in [-0.2, 0) is 13.6 Å². The Bertz CT molecular complexity index is 710. The van der Waals surface area contributed by atoms with Gasteiger partial charge >= 0.3 is 0 Å². The van der Waals surface area contributed by atoms with Gasteiger partial charge in [0.25, 0.3) is 5.91 Å². The van der Waals surface area contributed by atoms with Crippen molar-refractivity contribution in [1.29, 1.82) is 0 Å². The normalized spacial score (nSPS) is 19.5. The Kier molecular flexibility index (Phi) is 4.10. The van der Waals surface area contributed by atoms with Crippen molar-refractivity contribution in [2.75, 3.05) is 13.1 Å². The molecule has 0 unspecified atom stereocenters. The van der Waals surface area contributed by atoms with E-state index in [0.717, 1.165) is 43.9 Å². The molecule has 7 heteroatoms. The number of aryl methyl sites for hydroxylation is 1. The molecule has 1 aliphatic carbocycles. The first kappa shape index (κ1) is 15.4. The van der Waals surface area contributed by atoms with Crippen LogP contribution in [0.2, 0.25) is 0 Å². The molecule has 1 saturated carbocycles. The maximum absolute atomic E-state index is 12.2. The van der Waals surface area contributed by atoms with Crippen LogP contribution in [0.15, 0.2) is 23.1 Å². The van der Waals surface area contributed by atoms with Crippen molar-refractivity contribution in [2.24, 2.45) is 7.05 Å². The Balaban J connectivity index is 1.25. The zero-order valence-corrected chi connectivity index (χ0v) is 13.9. The Morgan fingerprint density at radius 1 is 1.33 bits per heavy atom. The first-order valence-electron chi connectivity index (χ1n) is 8.64. The number of nitrogens with zero attached hydrogens (tertiary/aromatic N) is 4. The van der Waals surface area contributed by atoms with E-state index in [4.69, 9.17) is 4.52 Å². The second kappa shape index (κ2) is 6.39. The summed E-state index contributed by atoms with van der Waals surface area (Å²) in [6.45, 7) is 2.75. The summed E-state index contributed by atoms with van der Waals surface area (Å²) >= 11 is 0. The average Bonchev–Trinajstić information content (AvgIpc) is 3.17. The van der Waals surface area contributed by atoms with E-state index in [1.165, 1.54) is 12.8 Å². The van der Waals surface area contributed by atoms with Gasteiger partial charge in [-0.1, -0.05) is 5.16 Å². The molecule has 24 heavy (non-hydrogen) atoms. The van der Waals surface area contributed by atoms with Gasteiger partial charge in [0, 0.05) is 44.7 Å². The van der Waals surface area contributed by atoms with Crippen molar-refractivity contribution in [1.82, 2.24) is 24.9 Å². The number of amides is 1. The molecule has 128 valence electrons. The first-order valence-corrected chi connectivity index (χ1v) is 8.64. The van der Waals surface area contributed by atoms with E-state index in [1.54, 1.807) is 17.1 Å². The minimum absolute atomic E-state index is 0.0426. The molecule has 0 bridgehead atoms. The number of aromatic nitrogens is 3. The lowest BCUT2D eigenvalue weighted by molar-refractivity contribution is 0.0900. The third-order valence-corrected chi connectivity index (χ3v) is 4.91. The second-order valence-corrected chi connectivity index (χ2v) is 6.91. The van der Waals surface area contributed by atoms with E-state index >= 15 is 0 Å². The summed E-state index contributed by atoms with van der Waals surface area (Å²) in [5, 5.41) is 7.30. The maximum Gasteiger partial charge on any atom is 0.269 e. The van der Waals surface area contributed by atoms with E-state index in [2.05, 4.69) is 26.4 Å². The van der Waals surface area contributed by atoms with E-state index in [-0.39, 0.29) is 11.9 Å². The summed E-state index contributed by atoms with van der Waals surface area (Å²) in [5.74, 6) is 1.61. The van der Waals surface area contributed by atoms with Crippen LogP contribution in [0.25, 0.3) is 0 Å². The predicted molar refractivity (Wildman–Crippen MR) is 87.5 cm³/mol. The Labute approximate surface area is 141 Å². The zero-order valence-electron chi connectivity index (χ0n) is 13.9. The Hall–Kier alpha value is -2.15. The molecule has 4 rings (SSSR count). The highest BCUT2D eigenvalue weighted by atomic mass is 16.5. The fraction of sp³-hybridized carbons (Fsp3) is 0.588. The van der Waals surface area contributed by atoms with Gasteiger partial charge in [-0.2, -0.15) is 0 Å². The third kappa shape index (κ3) is 3.36. The van der Waals surface area contributed by atoms with Gasteiger partial charge in [-0.25, -0.2) is 4.98 Å². The highest BCUT2D eigenvalue weighted by Crippen LogP contribution is 2.40. The van der Waals surface area contributed by atoms with Gasteiger partial charge in [-0.3, -0.25) is 9.69 Å². The summed E-state index contributed by atoms with van der Waals surface area (Å²) in [6.07, 6.45) is 7.62. The van der Waals surface area contributed by atoms with Gasteiger partial charge in [0.2, 0.25) is 0 Å². The molecule has 0 aromatic carbocycles. The summed E-state index contributed by atoms with van der Waals surface area (Å²) in [5.41, 5.74) is 1.63. The Morgan fingerprint density at radius 2 is 2.12 bits per heavy atom. The van der Waals surface area contributed by atoms with Gasteiger partial charge in [0.1, 0.15) is 11.5 Å². The first-order chi connectivity index (χ1) is 11.7. The quantitative estimate of drug-likeness (QED) is 0.903. The fourth-order valence-electron chi connectivity index (χ4n) is 3.26. The van der Waals surface area contributed by atoms with Gasteiger partial charge in [-0.05, 0) is 25.7 Å². The largest absolute Gasteiger partial charge is 0.361 e. The highest BCUT2D eigenvalue weighted by molar-refractivity contribution is 5.92. The summed E-state index contributed by atoms with van der Waals surface area (Å²) in [6, 6.07) is 2.33. The minimum Gasteiger partial charge on any atom is -0.361 e. The predicted octanol–water partition coefficient (Wildman–Crippen LogP) is 1.68. The molecular weight excluding hydrogens is 306 g/mol. The number of hydrogen-bond donors (Lipinski definition) is 1. The lowest BCUT2D eigenvalue weighted by Crippen LogP contribution is -2.44. The minimum atomic E-state index is -0.0426. The number of carbonyl (C=O) groups is 1. The van der Waals surface area contributed by atoms with Gasteiger partial charge in [0.05, 0.1) is 18.2 Å². The van der Waals surface area contributed by atoms with Gasteiger partial charge in [0.15, 0.2) is 0 Å². The van der Waals surface area contributed by atoms with Crippen molar-refractivity contribution in [3.8, 4) is 0 Å². The average molecular weight is 329 g/mol. The molecule has 3 heterocycles. The number of likely N-dealkylation sites (tertiary alicyclic amines) is 1. The molecule has 1 N–H and O–H groups in total. The molecule has 7 nitrogen and oxygen atoms in total. The van der Waals surface area contributed by atoms with Crippen LogP contribution >= 0.6 is 0 Å². The lowest BCUT2D eigenvalue weighted by Gasteiger charge is -2.31. The van der Waals surface area contributed by atoms with Crippen LogP contribution in [0.5, 0.6) is 0 Å². The van der Waals surface area contributed by atoms with E-state index in [0.29, 0.717) is 11.6 Å². The molecule has 1 aliphatic heterocycles. The molecule has 0 spiro atoms. The second-order valence-electron chi connectivity index (χ2n) is 6.91.